The third-order valence-corrected chi connectivity index (χ3v) is 3.95. The average Bonchev–Trinajstić information content (AvgIpc) is 2.93. The van der Waals surface area contributed by atoms with Crippen LogP contribution in [0.3, 0.4) is 0 Å². The minimum atomic E-state index is -0.659. The van der Waals surface area contributed by atoms with Crippen LogP contribution >= 0.6 is 11.6 Å². The molecule has 1 aliphatic rings. The first-order chi connectivity index (χ1) is 9.88. The Balaban J connectivity index is 2.03. The molecule has 2 heterocycles. The molecule has 0 saturated carbocycles. The number of aryl methyl sites for hydroxylation is 1. The van der Waals surface area contributed by atoms with Gasteiger partial charge in [0, 0.05) is 16.3 Å². The van der Waals surface area contributed by atoms with Gasteiger partial charge in [-0.1, -0.05) is 23.7 Å². The molecule has 0 amide bonds. The Bertz CT molecular complexity index is 714. The van der Waals surface area contributed by atoms with Gasteiger partial charge in [-0.3, -0.25) is 0 Å². The third kappa shape index (κ3) is 2.45. The van der Waals surface area contributed by atoms with E-state index in [1.807, 2.05) is 51.1 Å². The minimum Gasteiger partial charge on any atom is -0.507 e. The first kappa shape index (κ1) is 14.2. The largest absolute Gasteiger partial charge is 0.507 e. The maximum atomic E-state index is 10.3. The topological polar surface area (TPSA) is 47.3 Å². The van der Waals surface area contributed by atoms with Gasteiger partial charge < -0.3 is 9.84 Å². The van der Waals surface area contributed by atoms with E-state index in [1.165, 1.54) is 0 Å². The quantitative estimate of drug-likeness (QED) is 0.910. The Kier molecular flexibility index (Phi) is 3.30. The number of nitrogens with zero attached hydrogens (tertiary/aromatic N) is 2. The molecule has 21 heavy (non-hydrogen) atoms. The lowest BCUT2D eigenvalue weighted by molar-refractivity contribution is 0.0244. The zero-order valence-corrected chi connectivity index (χ0v) is 13.0. The maximum Gasteiger partial charge on any atom is 0.147 e. The van der Waals surface area contributed by atoms with E-state index in [0.717, 1.165) is 17.0 Å². The van der Waals surface area contributed by atoms with Crippen LogP contribution < -0.4 is 0 Å². The second-order valence-electron chi connectivity index (χ2n) is 5.68. The number of aromatic nitrogens is 2. The molecular weight excluding hydrogens is 288 g/mol. The van der Waals surface area contributed by atoms with Crippen LogP contribution in [-0.2, 0) is 4.74 Å². The summed E-state index contributed by atoms with van der Waals surface area (Å²) in [7, 11) is 0. The lowest BCUT2D eigenvalue weighted by atomic mass is 10.1. The molecule has 0 bridgehead atoms. The molecule has 0 unspecified atom stereocenters. The third-order valence-electron chi connectivity index (χ3n) is 3.70. The zero-order valence-electron chi connectivity index (χ0n) is 12.2. The zero-order chi connectivity index (χ0) is 15.2. The molecule has 3 rings (SSSR count). The number of aliphatic hydroxyl groups excluding tert-OH is 1. The summed E-state index contributed by atoms with van der Waals surface area (Å²) in [6.45, 7) is 5.99. The molecule has 0 saturated heterocycles. The van der Waals surface area contributed by atoms with Crippen LogP contribution in [0.25, 0.3) is 17.0 Å². The van der Waals surface area contributed by atoms with E-state index in [2.05, 4.69) is 5.10 Å². The van der Waals surface area contributed by atoms with Gasteiger partial charge in [-0.25, -0.2) is 4.68 Å². The predicted molar refractivity (Wildman–Crippen MR) is 83.3 cm³/mol. The summed E-state index contributed by atoms with van der Waals surface area (Å²) in [6, 6.07) is 9.51. The van der Waals surface area contributed by atoms with Gasteiger partial charge in [0.25, 0.3) is 0 Å². The van der Waals surface area contributed by atoms with Gasteiger partial charge >= 0.3 is 0 Å². The van der Waals surface area contributed by atoms with Crippen molar-refractivity contribution in [1.29, 1.82) is 0 Å². The van der Waals surface area contributed by atoms with Gasteiger partial charge in [-0.05, 0) is 39.0 Å². The molecule has 0 fully saturated rings. The van der Waals surface area contributed by atoms with Gasteiger partial charge in [-0.15, -0.1) is 0 Å². The van der Waals surface area contributed by atoms with Crippen molar-refractivity contribution in [2.24, 2.45) is 0 Å². The highest BCUT2D eigenvalue weighted by Gasteiger charge is 2.35. The first-order valence-corrected chi connectivity index (χ1v) is 7.16. The Morgan fingerprint density at radius 3 is 2.52 bits per heavy atom. The van der Waals surface area contributed by atoms with Crippen molar-refractivity contribution >= 4 is 17.3 Å². The fraction of sp³-hybridized carbons (Fsp3) is 0.312. The van der Waals surface area contributed by atoms with Gasteiger partial charge in [-0.2, -0.15) is 5.10 Å². The number of hydrogen-bond acceptors (Lipinski definition) is 3. The van der Waals surface area contributed by atoms with Crippen LogP contribution in [0, 0.1) is 6.92 Å². The summed E-state index contributed by atoms with van der Waals surface area (Å²) >= 11 is 5.91. The molecule has 0 atom stereocenters. The van der Waals surface area contributed by atoms with E-state index < -0.39 is 5.60 Å². The highest BCUT2D eigenvalue weighted by atomic mass is 35.5. The van der Waals surface area contributed by atoms with Crippen LogP contribution in [-0.4, -0.2) is 27.1 Å². The standard InChI is InChI=1S/C16H17ClN2O2/c1-10-8-13(11-4-6-12(17)7-5-11)18-19(10)14-9-21-16(2,3)15(14)20/h4-8,20H,9H2,1-3H3. The van der Waals surface area contributed by atoms with Crippen molar-refractivity contribution in [3.05, 3.63) is 46.8 Å². The van der Waals surface area contributed by atoms with Crippen molar-refractivity contribution in [2.45, 2.75) is 26.4 Å². The summed E-state index contributed by atoms with van der Waals surface area (Å²) in [5.41, 5.74) is 2.81. The SMILES string of the molecule is Cc1cc(-c2ccc(Cl)cc2)nn1C1=C(O)C(C)(C)OC1. The molecule has 0 radical (unpaired) electrons. The molecule has 4 nitrogen and oxygen atoms in total. The highest BCUT2D eigenvalue weighted by Crippen LogP contribution is 2.33. The minimum absolute atomic E-state index is 0.233. The van der Waals surface area contributed by atoms with Crippen molar-refractivity contribution < 1.29 is 9.84 Å². The van der Waals surface area contributed by atoms with Crippen LogP contribution in [0.2, 0.25) is 5.02 Å². The molecule has 1 N–H and O–H groups in total. The summed E-state index contributed by atoms with van der Waals surface area (Å²) in [4.78, 5) is 0. The monoisotopic (exact) mass is 304 g/mol. The van der Waals surface area contributed by atoms with Gasteiger partial charge in [0.15, 0.2) is 0 Å². The normalized spacial score (nSPS) is 17.5. The Hall–Kier alpha value is -1.78. The Morgan fingerprint density at radius 1 is 1.29 bits per heavy atom. The van der Waals surface area contributed by atoms with E-state index in [1.54, 1.807) is 4.68 Å². The maximum absolute atomic E-state index is 10.3. The second kappa shape index (κ2) is 4.90. The van der Waals surface area contributed by atoms with E-state index in [0.29, 0.717) is 17.3 Å². The number of aliphatic hydroxyl groups is 1. The molecular formula is C16H17ClN2O2. The first-order valence-electron chi connectivity index (χ1n) is 6.78. The molecule has 1 aliphatic heterocycles. The summed E-state index contributed by atoms with van der Waals surface area (Å²) in [5.74, 6) is 0.233. The molecule has 1 aromatic heterocycles. The van der Waals surface area contributed by atoms with Gasteiger partial charge in [0.1, 0.15) is 17.1 Å². The number of hydrogen-bond donors (Lipinski definition) is 1. The lowest BCUT2D eigenvalue weighted by Crippen LogP contribution is -2.21. The van der Waals surface area contributed by atoms with Crippen molar-refractivity contribution in [2.75, 3.05) is 6.61 Å². The molecule has 110 valence electrons. The smallest absolute Gasteiger partial charge is 0.147 e. The van der Waals surface area contributed by atoms with Crippen molar-refractivity contribution in [1.82, 2.24) is 9.78 Å². The van der Waals surface area contributed by atoms with Gasteiger partial charge in [0.2, 0.25) is 0 Å². The van der Waals surface area contributed by atoms with E-state index in [4.69, 9.17) is 16.3 Å². The van der Waals surface area contributed by atoms with E-state index in [-0.39, 0.29) is 5.76 Å². The Labute approximate surface area is 128 Å². The van der Waals surface area contributed by atoms with Crippen LogP contribution in [0.5, 0.6) is 0 Å². The van der Waals surface area contributed by atoms with Crippen LogP contribution in [0.4, 0.5) is 0 Å². The van der Waals surface area contributed by atoms with Crippen LogP contribution in [0.1, 0.15) is 19.5 Å². The van der Waals surface area contributed by atoms with E-state index in [9.17, 15) is 5.11 Å². The predicted octanol–water partition coefficient (Wildman–Crippen LogP) is 4.05. The number of ether oxygens (including phenoxy) is 1. The number of halogens is 1. The van der Waals surface area contributed by atoms with E-state index >= 15 is 0 Å². The molecule has 1 aromatic carbocycles. The second-order valence-corrected chi connectivity index (χ2v) is 6.12. The number of rotatable bonds is 2. The summed E-state index contributed by atoms with van der Waals surface area (Å²) in [6.07, 6.45) is 0. The fourth-order valence-electron chi connectivity index (χ4n) is 2.40. The Morgan fingerprint density at radius 2 is 1.95 bits per heavy atom. The van der Waals surface area contributed by atoms with Crippen LogP contribution in [0.15, 0.2) is 36.1 Å². The van der Waals surface area contributed by atoms with Gasteiger partial charge in [0.05, 0.1) is 12.3 Å². The number of benzene rings is 1. The van der Waals surface area contributed by atoms with Crippen molar-refractivity contribution in [3.63, 3.8) is 0 Å². The fourth-order valence-corrected chi connectivity index (χ4v) is 2.53. The molecule has 0 spiro atoms. The summed E-state index contributed by atoms with van der Waals surface area (Å²) in [5, 5.41) is 15.6. The average molecular weight is 305 g/mol. The molecule has 2 aromatic rings. The molecule has 5 heteroatoms. The highest BCUT2D eigenvalue weighted by molar-refractivity contribution is 6.30. The lowest BCUT2D eigenvalue weighted by Gasteiger charge is -2.16. The summed E-state index contributed by atoms with van der Waals surface area (Å²) < 4.78 is 7.35. The van der Waals surface area contributed by atoms with Crippen molar-refractivity contribution in [3.8, 4) is 11.3 Å². The molecule has 0 aliphatic carbocycles.